The normalized spacial score (nSPS) is 13.3. The molecule has 132 valence electrons. The van der Waals surface area contributed by atoms with Gasteiger partial charge in [-0.05, 0) is 70.6 Å². The van der Waals surface area contributed by atoms with Crippen molar-refractivity contribution in [2.45, 2.75) is 51.5 Å². The van der Waals surface area contributed by atoms with Crippen LogP contribution in [-0.2, 0) is 10.0 Å². The first-order valence-electron chi connectivity index (χ1n) is 8.40. The number of hydrogen-bond donors (Lipinski definition) is 1. The molecule has 0 aromatic heterocycles. The highest BCUT2D eigenvalue weighted by molar-refractivity contribution is 7.89. The van der Waals surface area contributed by atoms with Gasteiger partial charge in [0.1, 0.15) is 5.75 Å². The lowest BCUT2D eigenvalue weighted by Gasteiger charge is -2.19. The van der Waals surface area contributed by atoms with E-state index in [-0.39, 0.29) is 10.9 Å². The Morgan fingerprint density at radius 2 is 1.74 bits per heavy atom. The van der Waals surface area contributed by atoms with Crippen molar-refractivity contribution in [2.75, 3.05) is 26.2 Å². The van der Waals surface area contributed by atoms with E-state index in [0.717, 1.165) is 32.5 Å². The minimum Gasteiger partial charge on any atom is -0.494 e. The molecule has 1 N–H and O–H groups in total. The smallest absolute Gasteiger partial charge is 0.240 e. The van der Waals surface area contributed by atoms with Crippen molar-refractivity contribution in [1.29, 1.82) is 0 Å². The van der Waals surface area contributed by atoms with Crippen LogP contribution in [0.2, 0.25) is 0 Å². The Hall–Kier alpha value is -1.11. The van der Waals surface area contributed by atoms with E-state index >= 15 is 0 Å². The molecule has 5 nitrogen and oxygen atoms in total. The number of ether oxygens (including phenoxy) is 1. The van der Waals surface area contributed by atoms with Gasteiger partial charge in [0.15, 0.2) is 0 Å². The lowest BCUT2D eigenvalue weighted by molar-refractivity contribution is 0.293. The minimum atomic E-state index is -3.47. The minimum absolute atomic E-state index is 0.0814. The van der Waals surface area contributed by atoms with E-state index in [1.807, 2.05) is 13.8 Å². The van der Waals surface area contributed by atoms with Crippen LogP contribution in [-0.4, -0.2) is 45.6 Å². The van der Waals surface area contributed by atoms with Crippen LogP contribution >= 0.6 is 0 Å². The molecule has 0 aliphatic heterocycles. The molecule has 6 heteroatoms. The summed E-state index contributed by atoms with van der Waals surface area (Å²) in [6.07, 6.45) is 1.81. The molecular weight excluding hydrogens is 312 g/mol. The summed E-state index contributed by atoms with van der Waals surface area (Å²) >= 11 is 0. The van der Waals surface area contributed by atoms with Crippen LogP contribution in [0.15, 0.2) is 29.2 Å². The summed E-state index contributed by atoms with van der Waals surface area (Å²) < 4.78 is 32.8. The van der Waals surface area contributed by atoms with Gasteiger partial charge in [-0.1, -0.05) is 13.8 Å². The molecule has 1 rings (SSSR count). The van der Waals surface area contributed by atoms with E-state index in [2.05, 4.69) is 23.5 Å². The van der Waals surface area contributed by atoms with Gasteiger partial charge in [-0.2, -0.15) is 0 Å². The largest absolute Gasteiger partial charge is 0.494 e. The van der Waals surface area contributed by atoms with Crippen molar-refractivity contribution in [3.05, 3.63) is 24.3 Å². The third-order valence-electron chi connectivity index (χ3n) is 3.81. The van der Waals surface area contributed by atoms with E-state index in [1.54, 1.807) is 24.3 Å². The fraction of sp³-hybridized carbons (Fsp3) is 0.647. The van der Waals surface area contributed by atoms with Gasteiger partial charge in [0.2, 0.25) is 10.0 Å². The molecule has 0 radical (unpaired) electrons. The van der Waals surface area contributed by atoms with Crippen molar-refractivity contribution in [1.82, 2.24) is 9.62 Å². The first-order valence-corrected chi connectivity index (χ1v) is 9.88. The maximum Gasteiger partial charge on any atom is 0.240 e. The molecule has 1 aromatic carbocycles. The Morgan fingerprint density at radius 3 is 2.26 bits per heavy atom. The van der Waals surface area contributed by atoms with Crippen LogP contribution in [0.1, 0.15) is 40.5 Å². The average Bonchev–Trinajstić information content (AvgIpc) is 2.52. The zero-order valence-electron chi connectivity index (χ0n) is 14.7. The third kappa shape index (κ3) is 6.89. The lowest BCUT2D eigenvalue weighted by atomic mass is 10.2. The molecule has 23 heavy (non-hydrogen) atoms. The number of rotatable bonds is 11. The SMILES string of the molecule is CCOc1ccc(S(=O)(=O)N[C@@H](C)CCCN(CC)CC)cc1. The molecule has 0 bridgehead atoms. The van der Waals surface area contributed by atoms with Crippen LogP contribution in [0.5, 0.6) is 5.75 Å². The van der Waals surface area contributed by atoms with Crippen molar-refractivity contribution >= 4 is 10.0 Å². The highest BCUT2D eigenvalue weighted by Crippen LogP contribution is 2.16. The molecule has 0 aliphatic carbocycles. The second-order valence-electron chi connectivity index (χ2n) is 5.60. The predicted octanol–water partition coefficient (Wildman–Crippen LogP) is 2.87. The second-order valence-corrected chi connectivity index (χ2v) is 7.31. The van der Waals surface area contributed by atoms with Crippen LogP contribution in [0.25, 0.3) is 0 Å². The van der Waals surface area contributed by atoms with Crippen molar-refractivity contribution in [2.24, 2.45) is 0 Å². The van der Waals surface area contributed by atoms with Gasteiger partial charge in [-0.3, -0.25) is 0 Å². The molecule has 1 atom stereocenters. The number of benzene rings is 1. The van der Waals surface area contributed by atoms with Crippen molar-refractivity contribution in [3.8, 4) is 5.75 Å². The summed E-state index contributed by atoms with van der Waals surface area (Å²) in [7, 11) is -3.47. The first-order chi connectivity index (χ1) is 10.9. The topological polar surface area (TPSA) is 58.6 Å². The summed E-state index contributed by atoms with van der Waals surface area (Å²) in [6.45, 7) is 11.7. The Bertz CT molecular complexity index is 539. The molecule has 1 aromatic rings. The molecule has 0 heterocycles. The Balaban J connectivity index is 2.53. The van der Waals surface area contributed by atoms with Gasteiger partial charge in [0.25, 0.3) is 0 Å². The van der Waals surface area contributed by atoms with Crippen LogP contribution < -0.4 is 9.46 Å². The maximum absolute atomic E-state index is 12.4. The summed E-state index contributed by atoms with van der Waals surface area (Å²) in [4.78, 5) is 2.62. The number of nitrogens with one attached hydrogen (secondary N) is 1. The van der Waals surface area contributed by atoms with E-state index < -0.39 is 10.0 Å². The first kappa shape index (κ1) is 19.9. The van der Waals surface area contributed by atoms with Crippen molar-refractivity contribution < 1.29 is 13.2 Å². The quantitative estimate of drug-likeness (QED) is 0.672. The Morgan fingerprint density at radius 1 is 1.13 bits per heavy atom. The van der Waals surface area contributed by atoms with Gasteiger partial charge in [0.05, 0.1) is 11.5 Å². The number of hydrogen-bond acceptors (Lipinski definition) is 4. The van der Waals surface area contributed by atoms with Gasteiger partial charge >= 0.3 is 0 Å². The lowest BCUT2D eigenvalue weighted by Crippen LogP contribution is -2.33. The summed E-state index contributed by atoms with van der Waals surface area (Å²) in [5.41, 5.74) is 0. The van der Waals surface area contributed by atoms with Crippen LogP contribution in [0.3, 0.4) is 0 Å². The zero-order chi connectivity index (χ0) is 17.3. The number of nitrogens with zero attached hydrogens (tertiary/aromatic N) is 1. The van der Waals surface area contributed by atoms with Gasteiger partial charge < -0.3 is 9.64 Å². The van der Waals surface area contributed by atoms with E-state index in [4.69, 9.17) is 4.74 Å². The van der Waals surface area contributed by atoms with Gasteiger partial charge in [-0.15, -0.1) is 0 Å². The average molecular weight is 343 g/mol. The molecule has 0 saturated carbocycles. The predicted molar refractivity (Wildman–Crippen MR) is 94.4 cm³/mol. The summed E-state index contributed by atoms with van der Waals surface area (Å²) in [5.74, 6) is 0.679. The highest BCUT2D eigenvalue weighted by atomic mass is 32.2. The molecule has 0 amide bonds. The maximum atomic E-state index is 12.4. The fourth-order valence-corrected chi connectivity index (χ4v) is 3.71. The zero-order valence-corrected chi connectivity index (χ0v) is 15.5. The monoisotopic (exact) mass is 342 g/mol. The molecule has 0 fully saturated rings. The standard InChI is InChI=1S/C17H30N2O3S/c1-5-19(6-2)14-8-9-15(4)18-23(20,21)17-12-10-16(11-13-17)22-7-3/h10-13,15,18H,5-9,14H2,1-4H3/t15-/m0/s1. The van der Waals surface area contributed by atoms with Crippen molar-refractivity contribution in [3.63, 3.8) is 0 Å². The fourth-order valence-electron chi connectivity index (χ4n) is 2.43. The summed E-state index contributed by atoms with van der Waals surface area (Å²) in [5, 5.41) is 0. The summed E-state index contributed by atoms with van der Waals surface area (Å²) in [6, 6.07) is 6.44. The molecule has 0 aliphatic rings. The molecule has 0 unspecified atom stereocenters. The van der Waals surface area contributed by atoms with Crippen LogP contribution in [0, 0.1) is 0 Å². The number of sulfonamides is 1. The van der Waals surface area contributed by atoms with Crippen LogP contribution in [0.4, 0.5) is 0 Å². The Labute approximate surface area is 141 Å². The molecule has 0 saturated heterocycles. The van der Waals surface area contributed by atoms with E-state index in [1.165, 1.54) is 0 Å². The highest BCUT2D eigenvalue weighted by Gasteiger charge is 2.17. The third-order valence-corrected chi connectivity index (χ3v) is 5.41. The van der Waals surface area contributed by atoms with Gasteiger partial charge in [-0.25, -0.2) is 13.1 Å². The van der Waals surface area contributed by atoms with E-state index in [9.17, 15) is 8.42 Å². The Kier molecular flexibility index (Phi) is 8.58. The van der Waals surface area contributed by atoms with Gasteiger partial charge in [0, 0.05) is 6.04 Å². The molecule has 0 spiro atoms. The van der Waals surface area contributed by atoms with E-state index in [0.29, 0.717) is 12.4 Å². The molecular formula is C17H30N2O3S. The second kappa shape index (κ2) is 9.90.